The Labute approximate surface area is 138 Å². The van der Waals surface area contributed by atoms with E-state index in [1.54, 1.807) is 10.7 Å². The first-order valence-electron chi connectivity index (χ1n) is 7.90. The van der Waals surface area contributed by atoms with Crippen molar-refractivity contribution in [1.82, 2.24) is 25.1 Å². The van der Waals surface area contributed by atoms with Crippen LogP contribution < -0.4 is 10.6 Å². The van der Waals surface area contributed by atoms with E-state index in [0.29, 0.717) is 19.5 Å². The number of pyridine rings is 1. The molecule has 1 fully saturated rings. The molecule has 3 heterocycles. The fraction of sp³-hybridized carbons (Fsp3) is 0.375. The average Bonchev–Trinajstić information content (AvgIpc) is 3.14. The van der Waals surface area contributed by atoms with Crippen LogP contribution in [-0.4, -0.2) is 44.9 Å². The second kappa shape index (κ2) is 6.69. The molecule has 8 heteroatoms. The summed E-state index contributed by atoms with van der Waals surface area (Å²) in [5.74, 6) is -0.622. The molecule has 1 aliphatic rings. The Bertz CT molecular complexity index is 785. The maximum absolute atomic E-state index is 12.1. The van der Waals surface area contributed by atoms with E-state index < -0.39 is 12.1 Å². The Kier molecular flexibility index (Phi) is 4.45. The third-order valence-electron chi connectivity index (χ3n) is 3.94. The normalized spacial score (nSPS) is 17.4. The van der Waals surface area contributed by atoms with Crippen molar-refractivity contribution in [3.05, 3.63) is 36.2 Å². The second-order valence-electron chi connectivity index (χ2n) is 5.67. The number of imide groups is 1. The number of urea groups is 1. The number of nitrogens with one attached hydrogen (secondary N) is 2. The topological polar surface area (TPSA) is 95.8 Å². The minimum Gasteiger partial charge on any atom is -0.352 e. The van der Waals surface area contributed by atoms with Gasteiger partial charge >= 0.3 is 6.03 Å². The van der Waals surface area contributed by atoms with Gasteiger partial charge in [0.2, 0.25) is 5.91 Å². The first-order chi connectivity index (χ1) is 11.6. The van der Waals surface area contributed by atoms with Gasteiger partial charge in [-0.2, -0.15) is 5.10 Å². The highest BCUT2D eigenvalue weighted by molar-refractivity contribution is 6.05. The Morgan fingerprint density at radius 2 is 2.21 bits per heavy atom. The van der Waals surface area contributed by atoms with Gasteiger partial charge in [0.05, 0.1) is 11.9 Å². The summed E-state index contributed by atoms with van der Waals surface area (Å²) in [6.07, 6.45) is 4.14. The van der Waals surface area contributed by atoms with E-state index in [9.17, 15) is 14.4 Å². The predicted molar refractivity (Wildman–Crippen MR) is 86.0 cm³/mol. The SMILES string of the molecule is CCCN1C(=O)NC(CC(=O)NCc2cccn3nccc23)C1=O. The Morgan fingerprint density at radius 3 is 3.00 bits per heavy atom. The van der Waals surface area contributed by atoms with Gasteiger partial charge in [0, 0.05) is 25.5 Å². The number of carbonyl (C=O) groups is 3. The van der Waals surface area contributed by atoms with Crippen LogP contribution in [0.15, 0.2) is 30.6 Å². The van der Waals surface area contributed by atoms with Crippen molar-refractivity contribution >= 4 is 23.4 Å². The molecule has 0 aliphatic carbocycles. The van der Waals surface area contributed by atoms with Crippen LogP contribution in [0.25, 0.3) is 5.52 Å². The van der Waals surface area contributed by atoms with Crippen LogP contribution in [0.2, 0.25) is 0 Å². The summed E-state index contributed by atoms with van der Waals surface area (Å²) in [5, 5.41) is 9.48. The van der Waals surface area contributed by atoms with E-state index in [2.05, 4.69) is 15.7 Å². The fourth-order valence-corrected chi connectivity index (χ4v) is 2.76. The molecule has 2 aromatic rings. The highest BCUT2D eigenvalue weighted by atomic mass is 16.2. The molecule has 2 N–H and O–H groups in total. The van der Waals surface area contributed by atoms with Gasteiger partial charge in [-0.05, 0) is 24.1 Å². The Balaban J connectivity index is 1.57. The zero-order valence-corrected chi connectivity index (χ0v) is 13.4. The zero-order valence-electron chi connectivity index (χ0n) is 13.4. The van der Waals surface area contributed by atoms with E-state index >= 15 is 0 Å². The molecule has 1 aliphatic heterocycles. The van der Waals surface area contributed by atoms with Crippen molar-refractivity contribution in [3.8, 4) is 0 Å². The number of fused-ring (bicyclic) bond motifs is 1. The van der Waals surface area contributed by atoms with Gasteiger partial charge in [-0.25, -0.2) is 9.31 Å². The van der Waals surface area contributed by atoms with Crippen molar-refractivity contribution in [2.45, 2.75) is 32.4 Å². The average molecular weight is 329 g/mol. The lowest BCUT2D eigenvalue weighted by molar-refractivity contribution is -0.130. The summed E-state index contributed by atoms with van der Waals surface area (Å²) in [5.41, 5.74) is 1.84. The van der Waals surface area contributed by atoms with Gasteiger partial charge < -0.3 is 10.6 Å². The highest BCUT2D eigenvalue weighted by Crippen LogP contribution is 2.12. The summed E-state index contributed by atoms with van der Waals surface area (Å²) in [6, 6.07) is 4.41. The van der Waals surface area contributed by atoms with Gasteiger partial charge in [-0.15, -0.1) is 0 Å². The first kappa shape index (κ1) is 16.0. The molecule has 1 unspecified atom stereocenters. The summed E-state index contributed by atoms with van der Waals surface area (Å²) in [6.45, 7) is 2.59. The number of aromatic nitrogens is 2. The first-order valence-corrected chi connectivity index (χ1v) is 7.90. The van der Waals surface area contributed by atoms with Crippen LogP contribution in [0.3, 0.4) is 0 Å². The van der Waals surface area contributed by atoms with Crippen LogP contribution >= 0.6 is 0 Å². The van der Waals surface area contributed by atoms with Gasteiger partial charge in [-0.1, -0.05) is 13.0 Å². The van der Waals surface area contributed by atoms with E-state index in [1.807, 2.05) is 31.3 Å². The Hall–Kier alpha value is -2.90. The molecule has 126 valence electrons. The molecule has 1 atom stereocenters. The number of carbonyl (C=O) groups excluding carboxylic acids is 3. The highest BCUT2D eigenvalue weighted by Gasteiger charge is 2.38. The lowest BCUT2D eigenvalue weighted by Crippen LogP contribution is -2.36. The molecule has 1 saturated heterocycles. The number of nitrogens with zero attached hydrogens (tertiary/aromatic N) is 3. The second-order valence-corrected chi connectivity index (χ2v) is 5.67. The van der Waals surface area contributed by atoms with Crippen LogP contribution in [0.4, 0.5) is 4.79 Å². The van der Waals surface area contributed by atoms with Gasteiger partial charge in [-0.3, -0.25) is 14.5 Å². The largest absolute Gasteiger partial charge is 0.352 e. The number of amides is 4. The molecule has 8 nitrogen and oxygen atoms in total. The third-order valence-corrected chi connectivity index (χ3v) is 3.94. The number of hydrogen-bond donors (Lipinski definition) is 2. The molecule has 0 bridgehead atoms. The molecular weight excluding hydrogens is 310 g/mol. The molecule has 2 aromatic heterocycles. The zero-order chi connectivity index (χ0) is 17.1. The summed E-state index contributed by atoms with van der Waals surface area (Å²) < 4.78 is 1.73. The van der Waals surface area contributed by atoms with Gasteiger partial charge in [0.1, 0.15) is 6.04 Å². The van der Waals surface area contributed by atoms with E-state index in [0.717, 1.165) is 16.0 Å². The number of rotatable bonds is 6. The van der Waals surface area contributed by atoms with E-state index in [4.69, 9.17) is 0 Å². The van der Waals surface area contributed by atoms with E-state index in [1.165, 1.54) is 0 Å². The van der Waals surface area contributed by atoms with Crippen LogP contribution in [0.5, 0.6) is 0 Å². The van der Waals surface area contributed by atoms with E-state index in [-0.39, 0.29) is 18.2 Å². The number of hydrogen-bond acceptors (Lipinski definition) is 4. The van der Waals surface area contributed by atoms with Crippen molar-refractivity contribution < 1.29 is 14.4 Å². The lowest BCUT2D eigenvalue weighted by atomic mass is 10.2. The fourth-order valence-electron chi connectivity index (χ4n) is 2.76. The minimum atomic E-state index is -0.783. The third kappa shape index (κ3) is 3.08. The Morgan fingerprint density at radius 1 is 1.38 bits per heavy atom. The van der Waals surface area contributed by atoms with Crippen molar-refractivity contribution in [1.29, 1.82) is 0 Å². The molecular formula is C16H19N5O3. The summed E-state index contributed by atoms with van der Waals surface area (Å²) in [7, 11) is 0. The van der Waals surface area contributed by atoms with Crippen molar-refractivity contribution in [3.63, 3.8) is 0 Å². The van der Waals surface area contributed by atoms with Crippen LogP contribution in [0.1, 0.15) is 25.3 Å². The maximum Gasteiger partial charge on any atom is 0.324 e. The molecule has 3 rings (SSSR count). The quantitative estimate of drug-likeness (QED) is 0.762. The van der Waals surface area contributed by atoms with Gasteiger partial charge in [0.25, 0.3) is 5.91 Å². The molecule has 4 amide bonds. The van der Waals surface area contributed by atoms with Crippen LogP contribution in [-0.2, 0) is 16.1 Å². The standard InChI is InChI=1S/C16H19N5O3/c1-2-7-20-15(23)12(19-16(20)24)9-14(22)17-10-11-4-3-8-21-13(11)5-6-18-21/h3-6,8,12H,2,7,9-10H2,1H3,(H,17,22)(H,19,24). The summed E-state index contributed by atoms with van der Waals surface area (Å²) in [4.78, 5) is 37.1. The monoisotopic (exact) mass is 329 g/mol. The smallest absolute Gasteiger partial charge is 0.324 e. The van der Waals surface area contributed by atoms with Gasteiger partial charge in [0.15, 0.2) is 0 Å². The predicted octanol–water partition coefficient (Wildman–Crippen LogP) is 0.671. The van der Waals surface area contributed by atoms with Crippen molar-refractivity contribution in [2.75, 3.05) is 6.54 Å². The minimum absolute atomic E-state index is 0.0623. The summed E-state index contributed by atoms with van der Waals surface area (Å²) >= 11 is 0. The molecule has 24 heavy (non-hydrogen) atoms. The molecule has 0 saturated carbocycles. The lowest BCUT2D eigenvalue weighted by Gasteiger charge is -2.11. The molecule has 0 radical (unpaired) electrons. The molecule has 0 spiro atoms. The van der Waals surface area contributed by atoms with Crippen molar-refractivity contribution in [2.24, 2.45) is 0 Å². The molecule has 0 aromatic carbocycles. The van der Waals surface area contributed by atoms with Crippen LogP contribution in [0, 0.1) is 0 Å². The maximum atomic E-state index is 12.1.